The van der Waals surface area contributed by atoms with Gasteiger partial charge in [0.1, 0.15) is 5.38 Å². The van der Waals surface area contributed by atoms with E-state index in [1.807, 2.05) is 65.7 Å². The monoisotopic (exact) mass is 572 g/mol. The van der Waals surface area contributed by atoms with Crippen molar-refractivity contribution in [2.45, 2.75) is 31.7 Å². The number of rotatable bonds is 15. The molecule has 2 amide bonds. The van der Waals surface area contributed by atoms with Gasteiger partial charge in [-0.2, -0.15) is 0 Å². The highest BCUT2D eigenvalue weighted by Gasteiger charge is 2.27. The number of hydrogen-bond acceptors (Lipinski definition) is 6. The third kappa shape index (κ3) is 8.71. The van der Waals surface area contributed by atoms with Crippen LogP contribution in [0.1, 0.15) is 33.4 Å². The Balaban J connectivity index is 1.79. The van der Waals surface area contributed by atoms with Crippen LogP contribution in [0, 0.1) is 6.92 Å². The maximum Gasteiger partial charge on any atom is 0.245 e. The number of nitrogens with zero attached hydrogens (tertiary/aromatic N) is 2. The van der Waals surface area contributed by atoms with Crippen molar-refractivity contribution in [1.29, 1.82) is 0 Å². The van der Waals surface area contributed by atoms with Crippen LogP contribution in [0.5, 0.6) is 11.5 Å². The summed E-state index contributed by atoms with van der Waals surface area (Å²) in [4.78, 5) is 31.7. The number of carbonyl (C=O) groups is 2. The summed E-state index contributed by atoms with van der Waals surface area (Å²) in [5, 5.41) is 1.15. The number of benzene rings is 2. The van der Waals surface area contributed by atoms with Gasteiger partial charge < -0.3 is 24.0 Å². The minimum atomic E-state index is -0.874. The summed E-state index contributed by atoms with van der Waals surface area (Å²) in [5.41, 5.74) is 2.86. The van der Waals surface area contributed by atoms with Crippen molar-refractivity contribution >= 4 is 34.8 Å². The van der Waals surface area contributed by atoms with Crippen LogP contribution >= 0.6 is 22.9 Å². The first-order valence-corrected chi connectivity index (χ1v) is 14.2. The molecule has 0 fully saturated rings. The molecule has 3 rings (SSSR count). The smallest absolute Gasteiger partial charge is 0.245 e. The van der Waals surface area contributed by atoms with Crippen LogP contribution in [-0.4, -0.2) is 69.2 Å². The molecule has 1 aromatic heterocycles. The molecule has 0 aliphatic heterocycles. The molecule has 0 saturated carbocycles. The van der Waals surface area contributed by atoms with E-state index in [2.05, 4.69) is 6.07 Å². The molecule has 2 aromatic carbocycles. The fraction of sp³-hybridized carbons (Fsp3) is 0.400. The number of aryl methyl sites for hydroxylation is 1. The van der Waals surface area contributed by atoms with E-state index in [1.54, 1.807) is 37.6 Å². The van der Waals surface area contributed by atoms with E-state index in [-0.39, 0.29) is 18.4 Å². The van der Waals surface area contributed by atoms with Crippen molar-refractivity contribution in [2.24, 2.45) is 0 Å². The number of carbonyl (C=O) groups excluding carboxylic acids is 2. The Morgan fingerprint density at radius 2 is 1.69 bits per heavy atom. The molecule has 210 valence electrons. The zero-order valence-electron chi connectivity index (χ0n) is 23.0. The molecule has 39 heavy (non-hydrogen) atoms. The number of alkyl halides is 1. The quantitative estimate of drug-likeness (QED) is 0.178. The lowest BCUT2D eigenvalue weighted by atomic mass is 10.1. The highest BCUT2D eigenvalue weighted by atomic mass is 35.5. The van der Waals surface area contributed by atoms with Crippen LogP contribution in [0.3, 0.4) is 0 Å². The summed E-state index contributed by atoms with van der Waals surface area (Å²) in [5.74, 6) is 0.874. The fourth-order valence-electron chi connectivity index (χ4n) is 4.19. The van der Waals surface area contributed by atoms with Gasteiger partial charge in [0, 0.05) is 31.7 Å². The average molecular weight is 573 g/mol. The predicted molar refractivity (Wildman–Crippen MR) is 156 cm³/mol. The standard InChI is InChI=1S/C30H37ClN2O5S/c1-22-14-18-39-27(22)20-32(16-13-23-11-12-25(37-3)26(19-23)38-4)28(34)21-33(15-8-17-36-2)30(35)29(31)24-9-6-5-7-10-24/h5-7,9-12,14,18-19,29H,8,13,15-17,20-21H2,1-4H3. The molecule has 1 atom stereocenters. The van der Waals surface area contributed by atoms with Crippen LogP contribution in [0.4, 0.5) is 0 Å². The first kappa shape index (κ1) is 30.5. The van der Waals surface area contributed by atoms with Crippen molar-refractivity contribution in [3.8, 4) is 11.5 Å². The molecule has 0 spiro atoms. The Bertz CT molecular complexity index is 1200. The Hall–Kier alpha value is -3.07. The van der Waals surface area contributed by atoms with Crippen LogP contribution in [-0.2, 0) is 27.3 Å². The normalized spacial score (nSPS) is 11.6. The van der Waals surface area contributed by atoms with Gasteiger partial charge >= 0.3 is 0 Å². The van der Waals surface area contributed by atoms with Gasteiger partial charge in [0.15, 0.2) is 11.5 Å². The number of methoxy groups -OCH3 is 3. The minimum absolute atomic E-state index is 0.0606. The summed E-state index contributed by atoms with van der Waals surface area (Å²) < 4.78 is 16.0. The SMILES string of the molecule is COCCCN(CC(=O)N(CCc1ccc(OC)c(OC)c1)Cc1sccc1C)C(=O)C(Cl)c1ccccc1. The Labute approximate surface area is 240 Å². The van der Waals surface area contributed by atoms with E-state index in [9.17, 15) is 9.59 Å². The molecule has 1 unspecified atom stereocenters. The van der Waals surface area contributed by atoms with Crippen molar-refractivity contribution in [3.63, 3.8) is 0 Å². The molecule has 0 saturated heterocycles. The van der Waals surface area contributed by atoms with E-state index in [0.29, 0.717) is 56.1 Å². The Morgan fingerprint density at radius 1 is 0.949 bits per heavy atom. The van der Waals surface area contributed by atoms with Crippen molar-refractivity contribution < 1.29 is 23.8 Å². The van der Waals surface area contributed by atoms with Crippen LogP contribution in [0.25, 0.3) is 0 Å². The Kier molecular flexibility index (Phi) is 12.1. The van der Waals surface area contributed by atoms with E-state index in [4.69, 9.17) is 25.8 Å². The molecule has 0 aliphatic rings. The number of hydrogen-bond donors (Lipinski definition) is 0. The van der Waals surface area contributed by atoms with Gasteiger partial charge in [-0.3, -0.25) is 9.59 Å². The zero-order chi connectivity index (χ0) is 28.2. The van der Waals surface area contributed by atoms with E-state index in [0.717, 1.165) is 16.0 Å². The van der Waals surface area contributed by atoms with Gasteiger partial charge in [-0.1, -0.05) is 36.4 Å². The first-order valence-electron chi connectivity index (χ1n) is 12.9. The van der Waals surface area contributed by atoms with Crippen LogP contribution in [0.15, 0.2) is 60.0 Å². The van der Waals surface area contributed by atoms with Crippen LogP contribution in [0.2, 0.25) is 0 Å². The lowest BCUT2D eigenvalue weighted by Crippen LogP contribution is -2.44. The first-order chi connectivity index (χ1) is 18.9. The van der Waals surface area contributed by atoms with Gasteiger partial charge in [-0.05, 0) is 60.0 Å². The van der Waals surface area contributed by atoms with Crippen molar-refractivity contribution in [3.05, 3.63) is 81.5 Å². The maximum absolute atomic E-state index is 13.7. The molecule has 0 bridgehead atoms. The molecule has 9 heteroatoms. The van der Waals surface area contributed by atoms with Crippen molar-refractivity contribution in [2.75, 3.05) is 47.6 Å². The second kappa shape index (κ2) is 15.5. The van der Waals surface area contributed by atoms with E-state index < -0.39 is 5.38 Å². The van der Waals surface area contributed by atoms with Gasteiger partial charge in [-0.15, -0.1) is 22.9 Å². The fourth-order valence-corrected chi connectivity index (χ4v) is 5.39. The lowest BCUT2D eigenvalue weighted by Gasteiger charge is -2.29. The molecule has 0 aliphatic carbocycles. The van der Waals surface area contributed by atoms with Gasteiger partial charge in [0.25, 0.3) is 0 Å². The topological polar surface area (TPSA) is 68.3 Å². The molecular formula is C30H37ClN2O5S. The number of ether oxygens (including phenoxy) is 3. The minimum Gasteiger partial charge on any atom is -0.493 e. The highest BCUT2D eigenvalue weighted by molar-refractivity contribution is 7.10. The van der Waals surface area contributed by atoms with Gasteiger partial charge in [0.05, 0.1) is 27.3 Å². The highest BCUT2D eigenvalue weighted by Crippen LogP contribution is 2.28. The van der Waals surface area contributed by atoms with Crippen molar-refractivity contribution in [1.82, 2.24) is 9.80 Å². The summed E-state index contributed by atoms with van der Waals surface area (Å²) >= 11 is 8.21. The number of thiophene rings is 1. The second-order valence-corrected chi connectivity index (χ2v) is 10.6. The zero-order valence-corrected chi connectivity index (χ0v) is 24.6. The molecular weight excluding hydrogens is 536 g/mol. The average Bonchev–Trinajstić information content (AvgIpc) is 3.37. The largest absolute Gasteiger partial charge is 0.493 e. The number of halogens is 1. The van der Waals surface area contributed by atoms with E-state index in [1.165, 1.54) is 0 Å². The summed E-state index contributed by atoms with van der Waals surface area (Å²) in [6.45, 7) is 3.79. The van der Waals surface area contributed by atoms with Gasteiger partial charge in [-0.25, -0.2) is 0 Å². The Morgan fingerprint density at radius 3 is 2.33 bits per heavy atom. The maximum atomic E-state index is 13.7. The number of amides is 2. The molecule has 1 heterocycles. The summed E-state index contributed by atoms with van der Waals surface area (Å²) in [6, 6.07) is 17.0. The second-order valence-electron chi connectivity index (χ2n) is 9.16. The molecule has 7 nitrogen and oxygen atoms in total. The lowest BCUT2D eigenvalue weighted by molar-refractivity contribution is -0.140. The molecule has 0 radical (unpaired) electrons. The van der Waals surface area contributed by atoms with Crippen LogP contribution < -0.4 is 9.47 Å². The van der Waals surface area contributed by atoms with E-state index >= 15 is 0 Å². The third-order valence-corrected chi connectivity index (χ3v) is 7.94. The summed E-state index contributed by atoms with van der Waals surface area (Å²) in [6.07, 6.45) is 1.22. The third-order valence-electron chi connectivity index (χ3n) is 6.50. The predicted octanol–water partition coefficient (Wildman–Crippen LogP) is 5.49. The molecule has 3 aromatic rings. The summed E-state index contributed by atoms with van der Waals surface area (Å²) in [7, 11) is 4.82. The molecule has 0 N–H and O–H groups in total. The van der Waals surface area contributed by atoms with Gasteiger partial charge in [0.2, 0.25) is 11.8 Å².